The third-order valence-electron chi connectivity index (χ3n) is 5.49. The SMILES string of the molecule is Cc1cc2c(NC(=O)NC3CCN(c4nccc(C(F)(F)F)n4)CC3)cccc2c(C)n1. The van der Waals surface area contributed by atoms with Crippen LogP contribution >= 0.6 is 0 Å². The molecule has 2 N–H and O–H groups in total. The molecule has 0 saturated carbocycles. The Bertz CT molecular complexity index is 1140. The Balaban J connectivity index is 1.37. The Morgan fingerprint density at radius 1 is 1.09 bits per heavy atom. The third kappa shape index (κ3) is 4.74. The zero-order chi connectivity index (χ0) is 22.9. The maximum absolute atomic E-state index is 12.9. The molecule has 1 aliphatic rings. The minimum Gasteiger partial charge on any atom is -0.341 e. The lowest BCUT2D eigenvalue weighted by Gasteiger charge is -2.32. The lowest BCUT2D eigenvalue weighted by molar-refractivity contribution is -0.141. The van der Waals surface area contributed by atoms with Crippen molar-refractivity contribution in [1.82, 2.24) is 20.3 Å². The Morgan fingerprint density at radius 2 is 1.84 bits per heavy atom. The van der Waals surface area contributed by atoms with Gasteiger partial charge in [-0.05, 0) is 44.9 Å². The number of halogens is 3. The van der Waals surface area contributed by atoms with Gasteiger partial charge in [0.05, 0.1) is 5.69 Å². The summed E-state index contributed by atoms with van der Waals surface area (Å²) in [6.45, 7) is 4.74. The van der Waals surface area contributed by atoms with Gasteiger partial charge in [-0.1, -0.05) is 12.1 Å². The van der Waals surface area contributed by atoms with Crippen molar-refractivity contribution in [3.63, 3.8) is 0 Å². The highest BCUT2D eigenvalue weighted by atomic mass is 19.4. The molecule has 0 radical (unpaired) electrons. The van der Waals surface area contributed by atoms with Gasteiger partial charge < -0.3 is 15.5 Å². The summed E-state index contributed by atoms with van der Waals surface area (Å²) < 4.78 is 38.7. The second-order valence-corrected chi connectivity index (χ2v) is 7.85. The van der Waals surface area contributed by atoms with E-state index in [1.54, 1.807) is 4.90 Å². The summed E-state index contributed by atoms with van der Waals surface area (Å²) in [5.74, 6) is 0.0535. The zero-order valence-corrected chi connectivity index (χ0v) is 17.7. The first-order valence-electron chi connectivity index (χ1n) is 10.3. The van der Waals surface area contributed by atoms with Crippen molar-refractivity contribution < 1.29 is 18.0 Å². The number of rotatable bonds is 3. The number of hydrogen-bond acceptors (Lipinski definition) is 5. The molecule has 0 bridgehead atoms. The number of urea groups is 1. The van der Waals surface area contributed by atoms with Gasteiger partial charge >= 0.3 is 12.2 Å². The van der Waals surface area contributed by atoms with Crippen molar-refractivity contribution >= 4 is 28.4 Å². The van der Waals surface area contributed by atoms with Crippen LogP contribution in [0.5, 0.6) is 0 Å². The van der Waals surface area contributed by atoms with Crippen molar-refractivity contribution in [2.45, 2.75) is 38.9 Å². The minimum atomic E-state index is -4.51. The fourth-order valence-electron chi connectivity index (χ4n) is 3.94. The van der Waals surface area contributed by atoms with Crippen LogP contribution in [0.15, 0.2) is 36.5 Å². The number of nitrogens with zero attached hydrogens (tertiary/aromatic N) is 4. The van der Waals surface area contributed by atoms with E-state index in [4.69, 9.17) is 0 Å². The van der Waals surface area contributed by atoms with Crippen molar-refractivity contribution in [1.29, 1.82) is 0 Å². The molecule has 168 valence electrons. The first kappa shape index (κ1) is 21.8. The standard InChI is InChI=1S/C22H23F3N6O/c1-13-12-17-16(14(2)27-13)4-3-5-18(17)29-21(32)28-15-7-10-31(11-8-15)20-26-9-6-19(30-20)22(23,24)25/h3-6,9,12,15H,7-8,10-11H2,1-2H3,(H2,28,29,32). The van der Waals surface area contributed by atoms with E-state index in [1.807, 2.05) is 38.1 Å². The molecule has 3 heterocycles. The molecule has 0 atom stereocenters. The Hall–Kier alpha value is -3.43. The van der Waals surface area contributed by atoms with Gasteiger partial charge in [-0.25, -0.2) is 14.8 Å². The zero-order valence-electron chi connectivity index (χ0n) is 17.7. The Labute approximate surface area is 183 Å². The maximum atomic E-state index is 12.9. The van der Waals surface area contributed by atoms with Crippen LogP contribution in [0.1, 0.15) is 29.9 Å². The molecule has 1 aromatic carbocycles. The summed E-state index contributed by atoms with van der Waals surface area (Å²) in [5.41, 5.74) is 1.50. The average molecular weight is 444 g/mol. The Kier molecular flexibility index (Phi) is 5.86. The van der Waals surface area contributed by atoms with Gasteiger partial charge in [0.15, 0.2) is 0 Å². The summed E-state index contributed by atoms with van der Waals surface area (Å²) >= 11 is 0. The van der Waals surface area contributed by atoms with Gasteiger partial charge in [0, 0.05) is 47.5 Å². The second kappa shape index (κ2) is 8.60. The molecule has 1 fully saturated rings. The number of nitrogens with one attached hydrogen (secondary N) is 2. The smallest absolute Gasteiger partial charge is 0.341 e. The highest BCUT2D eigenvalue weighted by molar-refractivity contribution is 6.02. The highest BCUT2D eigenvalue weighted by Gasteiger charge is 2.33. The molecule has 0 aliphatic carbocycles. The lowest BCUT2D eigenvalue weighted by Crippen LogP contribution is -2.46. The number of alkyl halides is 3. The number of anilines is 2. The van der Waals surface area contributed by atoms with Crippen molar-refractivity contribution in [2.24, 2.45) is 0 Å². The quantitative estimate of drug-likeness (QED) is 0.624. The van der Waals surface area contributed by atoms with E-state index in [9.17, 15) is 18.0 Å². The van der Waals surface area contributed by atoms with Crippen LogP contribution in [0.2, 0.25) is 0 Å². The summed E-state index contributed by atoms with van der Waals surface area (Å²) in [6, 6.07) is 8.05. The van der Waals surface area contributed by atoms with E-state index in [0.717, 1.165) is 34.4 Å². The topological polar surface area (TPSA) is 83.0 Å². The van der Waals surface area contributed by atoms with Crippen LogP contribution in [0, 0.1) is 13.8 Å². The first-order valence-corrected chi connectivity index (χ1v) is 10.3. The van der Waals surface area contributed by atoms with Gasteiger partial charge in [0.2, 0.25) is 5.95 Å². The molecular formula is C22H23F3N6O. The maximum Gasteiger partial charge on any atom is 0.433 e. The number of aromatic nitrogens is 3. The fraction of sp³-hybridized carbons (Fsp3) is 0.364. The van der Waals surface area contributed by atoms with Crippen LogP contribution < -0.4 is 15.5 Å². The Morgan fingerprint density at radius 3 is 2.56 bits per heavy atom. The third-order valence-corrected chi connectivity index (χ3v) is 5.49. The van der Waals surface area contributed by atoms with E-state index >= 15 is 0 Å². The highest BCUT2D eigenvalue weighted by Crippen LogP contribution is 2.29. The van der Waals surface area contributed by atoms with E-state index in [-0.39, 0.29) is 18.0 Å². The monoisotopic (exact) mass is 444 g/mol. The fourth-order valence-corrected chi connectivity index (χ4v) is 3.94. The van der Waals surface area contributed by atoms with Gasteiger partial charge in [-0.15, -0.1) is 0 Å². The molecule has 32 heavy (non-hydrogen) atoms. The van der Waals surface area contributed by atoms with Crippen LogP contribution in [0.3, 0.4) is 0 Å². The second-order valence-electron chi connectivity index (χ2n) is 7.85. The summed E-state index contributed by atoms with van der Waals surface area (Å²) in [5, 5.41) is 7.76. The van der Waals surface area contributed by atoms with Gasteiger partial charge in [0.1, 0.15) is 5.69 Å². The molecule has 2 aromatic heterocycles. The molecule has 7 nitrogen and oxygen atoms in total. The van der Waals surface area contributed by atoms with Crippen LogP contribution in [0.25, 0.3) is 10.8 Å². The van der Waals surface area contributed by atoms with E-state index < -0.39 is 11.9 Å². The van der Waals surface area contributed by atoms with E-state index in [1.165, 1.54) is 0 Å². The molecule has 2 amide bonds. The van der Waals surface area contributed by atoms with Crippen LogP contribution in [0.4, 0.5) is 29.6 Å². The number of amides is 2. The van der Waals surface area contributed by atoms with Crippen molar-refractivity contribution in [3.8, 4) is 0 Å². The van der Waals surface area contributed by atoms with E-state index in [0.29, 0.717) is 31.6 Å². The molecule has 1 saturated heterocycles. The number of aryl methyl sites for hydroxylation is 2. The number of carbonyl (C=O) groups excluding carboxylic acids is 1. The van der Waals surface area contributed by atoms with Crippen molar-refractivity contribution in [3.05, 3.63) is 53.6 Å². The van der Waals surface area contributed by atoms with E-state index in [2.05, 4.69) is 25.6 Å². The van der Waals surface area contributed by atoms with Crippen molar-refractivity contribution in [2.75, 3.05) is 23.3 Å². The number of pyridine rings is 1. The molecule has 10 heteroatoms. The van der Waals surface area contributed by atoms with Crippen LogP contribution in [-0.4, -0.2) is 40.1 Å². The number of carbonyl (C=O) groups is 1. The van der Waals surface area contributed by atoms with Gasteiger partial charge in [-0.3, -0.25) is 4.98 Å². The van der Waals surface area contributed by atoms with Crippen LogP contribution in [-0.2, 0) is 6.18 Å². The molecule has 3 aromatic rings. The molecule has 4 rings (SSSR count). The number of hydrogen-bond donors (Lipinski definition) is 2. The number of piperidine rings is 1. The average Bonchev–Trinajstić information content (AvgIpc) is 2.74. The normalized spacial score (nSPS) is 15.1. The predicted molar refractivity (Wildman–Crippen MR) is 116 cm³/mol. The molecular weight excluding hydrogens is 421 g/mol. The molecule has 0 spiro atoms. The minimum absolute atomic E-state index is 0.0535. The number of fused-ring (bicyclic) bond motifs is 1. The van der Waals surface area contributed by atoms with Gasteiger partial charge in [0.25, 0.3) is 0 Å². The van der Waals surface area contributed by atoms with Gasteiger partial charge in [-0.2, -0.15) is 13.2 Å². The lowest BCUT2D eigenvalue weighted by atomic mass is 10.1. The predicted octanol–water partition coefficient (Wildman–Crippen LogP) is 4.45. The summed E-state index contributed by atoms with van der Waals surface area (Å²) in [4.78, 5) is 26.4. The molecule has 1 aliphatic heterocycles. The first-order chi connectivity index (χ1) is 15.2. The summed E-state index contributed by atoms with van der Waals surface area (Å²) in [6.07, 6.45) is -2.24. The molecule has 0 unspecified atom stereocenters. The summed E-state index contributed by atoms with van der Waals surface area (Å²) in [7, 11) is 0. The largest absolute Gasteiger partial charge is 0.433 e. The number of benzene rings is 1.